The van der Waals surface area contributed by atoms with Crippen molar-refractivity contribution in [3.8, 4) is 5.75 Å². The third-order valence-electron chi connectivity index (χ3n) is 3.51. The van der Waals surface area contributed by atoms with E-state index in [-0.39, 0.29) is 0 Å². The van der Waals surface area contributed by atoms with Crippen LogP contribution in [0.1, 0.15) is 33.1 Å². The van der Waals surface area contributed by atoms with Gasteiger partial charge in [0.25, 0.3) is 0 Å². The first-order valence-electron chi connectivity index (χ1n) is 7.14. The maximum Gasteiger partial charge on any atom is 0.144 e. The lowest BCUT2D eigenvalue weighted by Gasteiger charge is -2.18. The minimum atomic E-state index is 0.545. The number of nitrogen functional groups attached to an aromatic ring is 1. The molecule has 1 aromatic rings. The van der Waals surface area contributed by atoms with Gasteiger partial charge in [-0.15, -0.1) is 0 Å². The van der Waals surface area contributed by atoms with Gasteiger partial charge in [-0.3, -0.25) is 0 Å². The zero-order valence-corrected chi connectivity index (χ0v) is 12.6. The average Bonchev–Trinajstić information content (AvgIpc) is 2.83. The van der Waals surface area contributed by atoms with E-state index in [4.69, 9.17) is 10.5 Å². The molecule has 4 heteroatoms. The summed E-state index contributed by atoms with van der Waals surface area (Å²) in [6, 6.07) is 6.51. The molecule has 0 aromatic heterocycles. The first-order valence-corrected chi connectivity index (χ1v) is 8.18. The average molecular weight is 280 g/mol. The monoisotopic (exact) mass is 280 g/mol. The van der Waals surface area contributed by atoms with E-state index >= 15 is 0 Å². The van der Waals surface area contributed by atoms with Crippen molar-refractivity contribution in [2.75, 3.05) is 23.4 Å². The van der Waals surface area contributed by atoms with Crippen molar-refractivity contribution in [1.82, 2.24) is 0 Å². The van der Waals surface area contributed by atoms with Crippen molar-refractivity contribution < 1.29 is 4.74 Å². The topological polar surface area (TPSA) is 47.3 Å². The van der Waals surface area contributed by atoms with Gasteiger partial charge >= 0.3 is 0 Å². The SMILES string of the molecule is CCOc1cccc(NC2CCC(SCC)C2)c1N. The molecule has 0 aliphatic heterocycles. The van der Waals surface area contributed by atoms with Crippen LogP contribution < -0.4 is 15.8 Å². The first kappa shape index (κ1) is 14.4. The van der Waals surface area contributed by atoms with Crippen LogP contribution in [0.5, 0.6) is 5.75 Å². The molecule has 1 aliphatic carbocycles. The Hall–Kier alpha value is -1.03. The number of thioether (sulfide) groups is 1. The van der Waals surface area contributed by atoms with Crippen LogP contribution in [0.3, 0.4) is 0 Å². The molecule has 19 heavy (non-hydrogen) atoms. The van der Waals surface area contributed by atoms with Gasteiger partial charge in [0, 0.05) is 11.3 Å². The molecule has 0 heterocycles. The standard InChI is InChI=1S/C15H24N2OS/c1-3-18-14-7-5-6-13(15(14)16)17-11-8-9-12(10-11)19-4-2/h5-7,11-12,17H,3-4,8-10,16H2,1-2H3. The quantitative estimate of drug-likeness (QED) is 0.779. The van der Waals surface area contributed by atoms with Gasteiger partial charge in [-0.25, -0.2) is 0 Å². The van der Waals surface area contributed by atoms with E-state index in [1.165, 1.54) is 25.0 Å². The lowest BCUT2D eigenvalue weighted by Crippen LogP contribution is -2.17. The van der Waals surface area contributed by atoms with Crippen molar-refractivity contribution >= 4 is 23.1 Å². The Balaban J connectivity index is 1.98. The van der Waals surface area contributed by atoms with Crippen molar-refractivity contribution in [3.05, 3.63) is 18.2 Å². The zero-order valence-electron chi connectivity index (χ0n) is 11.8. The summed E-state index contributed by atoms with van der Waals surface area (Å²) in [5, 5.41) is 4.38. The van der Waals surface area contributed by atoms with Gasteiger partial charge in [-0.05, 0) is 44.1 Å². The van der Waals surface area contributed by atoms with Gasteiger partial charge in [0.15, 0.2) is 0 Å². The maximum absolute atomic E-state index is 6.15. The van der Waals surface area contributed by atoms with Gasteiger partial charge in [0.2, 0.25) is 0 Å². The van der Waals surface area contributed by atoms with E-state index in [0.717, 1.165) is 22.4 Å². The van der Waals surface area contributed by atoms with Crippen LogP contribution >= 0.6 is 11.8 Å². The number of rotatable bonds is 6. The van der Waals surface area contributed by atoms with E-state index in [0.29, 0.717) is 12.6 Å². The van der Waals surface area contributed by atoms with Crippen molar-refractivity contribution in [2.45, 2.75) is 44.4 Å². The van der Waals surface area contributed by atoms with E-state index in [2.05, 4.69) is 24.0 Å². The predicted molar refractivity (Wildman–Crippen MR) is 85.2 cm³/mol. The Labute approximate surface area is 120 Å². The molecule has 106 valence electrons. The number of hydrogen-bond donors (Lipinski definition) is 2. The summed E-state index contributed by atoms with van der Waals surface area (Å²) >= 11 is 2.07. The highest BCUT2D eigenvalue weighted by Gasteiger charge is 2.24. The first-order chi connectivity index (χ1) is 9.24. The highest BCUT2D eigenvalue weighted by Crippen LogP contribution is 2.35. The molecular weight excluding hydrogens is 256 g/mol. The summed E-state index contributed by atoms with van der Waals surface area (Å²) in [6.45, 7) is 4.85. The second-order valence-corrected chi connectivity index (χ2v) is 6.46. The van der Waals surface area contributed by atoms with Gasteiger partial charge in [0.1, 0.15) is 5.75 Å². The van der Waals surface area contributed by atoms with Gasteiger partial charge < -0.3 is 15.8 Å². The Morgan fingerprint density at radius 3 is 2.95 bits per heavy atom. The molecule has 3 N–H and O–H groups in total. The van der Waals surface area contributed by atoms with Crippen molar-refractivity contribution in [3.63, 3.8) is 0 Å². The normalized spacial score (nSPS) is 22.4. The van der Waals surface area contributed by atoms with Crippen LogP contribution in [0.25, 0.3) is 0 Å². The molecule has 1 fully saturated rings. The third-order valence-corrected chi connectivity index (χ3v) is 4.75. The van der Waals surface area contributed by atoms with Crippen molar-refractivity contribution in [2.24, 2.45) is 0 Å². The molecule has 3 nitrogen and oxygen atoms in total. The van der Waals surface area contributed by atoms with Crippen molar-refractivity contribution in [1.29, 1.82) is 0 Å². The summed E-state index contributed by atoms with van der Waals surface area (Å²) in [4.78, 5) is 0. The molecule has 0 saturated heterocycles. The molecule has 1 saturated carbocycles. The number of para-hydroxylation sites is 1. The van der Waals surface area contributed by atoms with Gasteiger partial charge in [-0.2, -0.15) is 11.8 Å². The molecule has 2 unspecified atom stereocenters. The number of ether oxygens (including phenoxy) is 1. The fourth-order valence-corrected chi connectivity index (χ4v) is 3.77. The van der Waals surface area contributed by atoms with Gasteiger partial charge in [0.05, 0.1) is 18.0 Å². The number of benzene rings is 1. The molecule has 1 aromatic carbocycles. The largest absolute Gasteiger partial charge is 0.492 e. The van der Waals surface area contributed by atoms with Crippen LogP contribution in [0, 0.1) is 0 Å². The molecule has 0 radical (unpaired) electrons. The molecule has 0 amide bonds. The minimum Gasteiger partial charge on any atom is -0.492 e. The Morgan fingerprint density at radius 2 is 2.21 bits per heavy atom. The van der Waals surface area contributed by atoms with E-state index < -0.39 is 0 Å². The number of nitrogens with one attached hydrogen (secondary N) is 1. The van der Waals surface area contributed by atoms with Crippen LogP contribution in [0.2, 0.25) is 0 Å². The predicted octanol–water partition coefficient (Wildman–Crippen LogP) is 3.75. The highest BCUT2D eigenvalue weighted by atomic mass is 32.2. The van der Waals surface area contributed by atoms with Crippen LogP contribution in [-0.2, 0) is 0 Å². The fraction of sp³-hybridized carbons (Fsp3) is 0.600. The lowest BCUT2D eigenvalue weighted by atomic mass is 10.2. The Kier molecular flexibility index (Phi) is 5.25. The highest BCUT2D eigenvalue weighted by molar-refractivity contribution is 7.99. The third kappa shape index (κ3) is 3.72. The zero-order chi connectivity index (χ0) is 13.7. The van der Waals surface area contributed by atoms with Gasteiger partial charge in [-0.1, -0.05) is 13.0 Å². The van der Waals surface area contributed by atoms with Crippen LogP contribution in [0.15, 0.2) is 18.2 Å². The summed E-state index contributed by atoms with van der Waals surface area (Å²) in [5.41, 5.74) is 7.89. The minimum absolute atomic E-state index is 0.545. The Bertz CT molecular complexity index is 411. The fourth-order valence-electron chi connectivity index (χ4n) is 2.63. The molecule has 2 atom stereocenters. The van der Waals surface area contributed by atoms with E-state index in [1.54, 1.807) is 0 Å². The number of anilines is 2. The summed E-state index contributed by atoms with van der Waals surface area (Å²) in [5.74, 6) is 1.99. The van der Waals surface area contributed by atoms with Crippen LogP contribution in [0.4, 0.5) is 11.4 Å². The number of nitrogens with two attached hydrogens (primary N) is 1. The molecule has 0 spiro atoms. The van der Waals surface area contributed by atoms with E-state index in [9.17, 15) is 0 Å². The summed E-state index contributed by atoms with van der Waals surface area (Å²) in [6.07, 6.45) is 3.77. The smallest absolute Gasteiger partial charge is 0.144 e. The molecule has 1 aliphatic rings. The summed E-state index contributed by atoms with van der Waals surface area (Å²) in [7, 11) is 0. The summed E-state index contributed by atoms with van der Waals surface area (Å²) < 4.78 is 5.53. The molecule has 2 rings (SSSR count). The maximum atomic E-state index is 6.15. The van der Waals surface area contributed by atoms with E-state index in [1.807, 2.05) is 25.1 Å². The second kappa shape index (κ2) is 6.94. The number of hydrogen-bond acceptors (Lipinski definition) is 4. The second-order valence-electron chi connectivity index (χ2n) is 4.88. The lowest BCUT2D eigenvalue weighted by molar-refractivity contribution is 0.342. The molecule has 0 bridgehead atoms. The van der Waals surface area contributed by atoms with Crippen LogP contribution in [-0.4, -0.2) is 23.7 Å². The Morgan fingerprint density at radius 1 is 1.37 bits per heavy atom. The molecular formula is C15H24N2OS.